The lowest BCUT2D eigenvalue weighted by atomic mass is 9.90. The van der Waals surface area contributed by atoms with Gasteiger partial charge in [-0.3, -0.25) is 9.59 Å². The van der Waals surface area contributed by atoms with Crippen molar-refractivity contribution in [1.29, 1.82) is 0 Å². The minimum atomic E-state index is -0.697. The predicted octanol–water partition coefficient (Wildman–Crippen LogP) is 3.33. The lowest BCUT2D eigenvalue weighted by Crippen LogP contribution is -2.21. The number of ether oxygens (including phenoxy) is 1. The summed E-state index contributed by atoms with van der Waals surface area (Å²) in [5, 5.41) is 0.425. The summed E-state index contributed by atoms with van der Waals surface area (Å²) in [6.45, 7) is 0. The fourth-order valence-corrected chi connectivity index (χ4v) is 3.53. The maximum atomic E-state index is 13.9. The van der Waals surface area contributed by atoms with Gasteiger partial charge in [0.05, 0.1) is 18.9 Å². The molecular formula is C16H8FNO4S. The number of thiazole rings is 1. The van der Waals surface area contributed by atoms with E-state index in [0.717, 1.165) is 17.4 Å². The zero-order valence-corrected chi connectivity index (χ0v) is 12.6. The highest BCUT2D eigenvalue weighted by atomic mass is 32.1. The molecule has 5 nitrogen and oxygen atoms in total. The summed E-state index contributed by atoms with van der Waals surface area (Å²) in [5.74, 6) is -1.37. The summed E-state index contributed by atoms with van der Waals surface area (Å²) >= 11 is 1.08. The van der Waals surface area contributed by atoms with E-state index in [2.05, 4.69) is 4.98 Å². The molecule has 114 valence electrons. The van der Waals surface area contributed by atoms with E-state index >= 15 is 0 Å². The van der Waals surface area contributed by atoms with Gasteiger partial charge in [0.2, 0.25) is 11.6 Å². The van der Waals surface area contributed by atoms with E-state index in [1.54, 1.807) is 12.1 Å². The smallest absolute Gasteiger partial charge is 0.217 e. The number of carbonyl (C=O) groups is 2. The van der Waals surface area contributed by atoms with Gasteiger partial charge in [0.15, 0.2) is 22.3 Å². The fraction of sp³-hybridized carbons (Fsp3) is 0.0625. The maximum Gasteiger partial charge on any atom is 0.217 e. The lowest BCUT2D eigenvalue weighted by Gasteiger charge is -2.16. The first kappa shape index (κ1) is 13.8. The summed E-state index contributed by atoms with van der Waals surface area (Å²) in [5.41, 5.74) is 0.0412. The topological polar surface area (TPSA) is 69.4 Å². The number of halogens is 1. The van der Waals surface area contributed by atoms with E-state index in [9.17, 15) is 14.0 Å². The molecule has 4 rings (SSSR count). The van der Waals surface area contributed by atoms with Crippen LogP contribution in [0.3, 0.4) is 0 Å². The molecular weight excluding hydrogens is 321 g/mol. The third-order valence-electron chi connectivity index (χ3n) is 3.57. The van der Waals surface area contributed by atoms with Gasteiger partial charge >= 0.3 is 0 Å². The molecule has 0 saturated carbocycles. The summed E-state index contributed by atoms with van der Waals surface area (Å²) in [7, 11) is 1.25. The Kier molecular flexibility index (Phi) is 2.92. The second-order valence-electron chi connectivity index (χ2n) is 4.84. The molecule has 0 bridgehead atoms. The summed E-state index contributed by atoms with van der Waals surface area (Å²) < 4.78 is 24.1. The van der Waals surface area contributed by atoms with Crippen LogP contribution in [0, 0.1) is 5.82 Å². The number of methoxy groups -OCH3 is 1. The Morgan fingerprint density at radius 2 is 2.04 bits per heavy atom. The third kappa shape index (κ3) is 1.86. The zero-order valence-electron chi connectivity index (χ0n) is 11.8. The second-order valence-corrected chi connectivity index (χ2v) is 5.83. The van der Waals surface area contributed by atoms with Crippen molar-refractivity contribution in [2.24, 2.45) is 0 Å². The summed E-state index contributed by atoms with van der Waals surface area (Å²) in [6.07, 6.45) is 1.48. The van der Waals surface area contributed by atoms with E-state index < -0.39 is 11.6 Å². The number of aromatic nitrogens is 1. The van der Waals surface area contributed by atoms with Crippen LogP contribution >= 0.6 is 11.3 Å². The van der Waals surface area contributed by atoms with Gasteiger partial charge in [-0.2, -0.15) is 0 Å². The van der Waals surface area contributed by atoms with Crippen molar-refractivity contribution in [1.82, 2.24) is 4.98 Å². The molecule has 23 heavy (non-hydrogen) atoms. The van der Waals surface area contributed by atoms with Crippen LogP contribution in [-0.4, -0.2) is 23.7 Å². The molecule has 0 aliphatic heterocycles. The van der Waals surface area contributed by atoms with Gasteiger partial charge in [-0.05, 0) is 24.3 Å². The van der Waals surface area contributed by atoms with Gasteiger partial charge < -0.3 is 9.15 Å². The Bertz CT molecular complexity index is 959. The van der Waals surface area contributed by atoms with Crippen LogP contribution in [0.4, 0.5) is 4.39 Å². The van der Waals surface area contributed by atoms with Gasteiger partial charge in [-0.15, -0.1) is 11.3 Å². The van der Waals surface area contributed by atoms with E-state index in [1.807, 2.05) is 0 Å². The van der Waals surface area contributed by atoms with Gasteiger partial charge in [0, 0.05) is 5.56 Å². The number of benzene rings is 1. The van der Waals surface area contributed by atoms with Crippen LogP contribution in [0.1, 0.15) is 31.3 Å². The van der Waals surface area contributed by atoms with Crippen LogP contribution in [0.15, 0.2) is 34.9 Å². The molecule has 0 amide bonds. The molecule has 1 aromatic carbocycles. The fourth-order valence-electron chi connectivity index (χ4n) is 2.55. The first-order valence-electron chi connectivity index (χ1n) is 6.62. The van der Waals surface area contributed by atoms with E-state index in [1.165, 1.54) is 19.4 Å². The van der Waals surface area contributed by atoms with Crippen molar-refractivity contribution in [3.63, 3.8) is 0 Å². The van der Waals surface area contributed by atoms with Gasteiger partial charge in [0.1, 0.15) is 10.6 Å². The average molecular weight is 329 g/mol. The Morgan fingerprint density at radius 1 is 1.22 bits per heavy atom. The predicted molar refractivity (Wildman–Crippen MR) is 79.6 cm³/mol. The van der Waals surface area contributed by atoms with Crippen LogP contribution in [0.2, 0.25) is 0 Å². The number of hydrogen-bond acceptors (Lipinski definition) is 6. The van der Waals surface area contributed by atoms with E-state index in [-0.39, 0.29) is 33.2 Å². The maximum absolute atomic E-state index is 13.9. The molecule has 2 heterocycles. The minimum Gasteiger partial charge on any atom is -0.493 e. The SMILES string of the molecule is COc1c(F)ccc2c1C(=O)c1nc(-c3ccco3)sc1C2=O. The van der Waals surface area contributed by atoms with Crippen molar-refractivity contribution in [2.45, 2.75) is 0 Å². The Balaban J connectivity index is 1.95. The largest absolute Gasteiger partial charge is 0.493 e. The monoisotopic (exact) mass is 329 g/mol. The zero-order chi connectivity index (χ0) is 16.1. The number of rotatable bonds is 2. The molecule has 0 atom stereocenters. The molecule has 3 aromatic rings. The molecule has 1 aliphatic rings. The Labute approximate surface area is 133 Å². The Hall–Kier alpha value is -2.80. The molecule has 0 unspecified atom stereocenters. The van der Waals surface area contributed by atoms with Crippen LogP contribution < -0.4 is 4.74 Å². The van der Waals surface area contributed by atoms with Crippen LogP contribution in [0.5, 0.6) is 5.75 Å². The molecule has 0 N–H and O–H groups in total. The van der Waals surface area contributed by atoms with Crippen molar-refractivity contribution < 1.29 is 23.1 Å². The van der Waals surface area contributed by atoms with Crippen LogP contribution in [0.25, 0.3) is 10.8 Å². The number of fused-ring (bicyclic) bond motifs is 2. The first-order chi connectivity index (χ1) is 11.1. The van der Waals surface area contributed by atoms with Crippen molar-refractivity contribution >= 4 is 22.9 Å². The number of hydrogen-bond donors (Lipinski definition) is 0. The summed E-state index contributed by atoms with van der Waals surface area (Å²) in [6, 6.07) is 5.78. The lowest BCUT2D eigenvalue weighted by molar-refractivity contribution is 0.0975. The number of ketones is 2. The Morgan fingerprint density at radius 3 is 2.74 bits per heavy atom. The van der Waals surface area contributed by atoms with Crippen molar-refractivity contribution in [2.75, 3.05) is 7.11 Å². The first-order valence-corrected chi connectivity index (χ1v) is 7.44. The highest BCUT2D eigenvalue weighted by Crippen LogP contribution is 2.39. The molecule has 2 aromatic heterocycles. The molecule has 0 fully saturated rings. The van der Waals surface area contributed by atoms with Gasteiger partial charge in [-0.25, -0.2) is 9.37 Å². The molecule has 0 radical (unpaired) electrons. The normalized spacial score (nSPS) is 13.0. The van der Waals surface area contributed by atoms with E-state index in [4.69, 9.17) is 9.15 Å². The third-order valence-corrected chi connectivity index (χ3v) is 4.63. The van der Waals surface area contributed by atoms with Gasteiger partial charge in [-0.1, -0.05) is 0 Å². The number of nitrogens with zero attached hydrogens (tertiary/aromatic N) is 1. The standard InChI is InChI=1S/C16H8FNO4S/c1-21-14-8(17)5-4-7-10(14)13(20)11-15(12(7)19)23-16(18-11)9-3-2-6-22-9/h2-6H,1H3. The minimum absolute atomic E-state index is 0.00259. The molecule has 0 spiro atoms. The van der Waals surface area contributed by atoms with Gasteiger partial charge in [0.25, 0.3) is 0 Å². The second kappa shape index (κ2) is 4.85. The van der Waals surface area contributed by atoms with Crippen LogP contribution in [-0.2, 0) is 0 Å². The number of carbonyl (C=O) groups excluding carboxylic acids is 2. The van der Waals surface area contributed by atoms with E-state index in [0.29, 0.717) is 10.8 Å². The molecule has 7 heteroatoms. The van der Waals surface area contributed by atoms with Crippen molar-refractivity contribution in [3.05, 3.63) is 58.0 Å². The van der Waals surface area contributed by atoms with Crippen molar-refractivity contribution in [3.8, 4) is 16.5 Å². The highest BCUT2D eigenvalue weighted by molar-refractivity contribution is 7.17. The number of furan rings is 1. The highest BCUT2D eigenvalue weighted by Gasteiger charge is 2.37. The quantitative estimate of drug-likeness (QED) is 0.564. The average Bonchev–Trinajstić information content (AvgIpc) is 3.21. The molecule has 0 saturated heterocycles. The summed E-state index contributed by atoms with van der Waals surface area (Å²) in [4.78, 5) is 29.7. The molecule has 1 aliphatic carbocycles.